The van der Waals surface area contributed by atoms with Gasteiger partial charge in [0.1, 0.15) is 40.4 Å². The summed E-state index contributed by atoms with van der Waals surface area (Å²) in [6, 6.07) is 42.3. The lowest BCUT2D eigenvalue weighted by Gasteiger charge is -2.03. The first-order valence-corrected chi connectivity index (χ1v) is 17.6. The molecule has 0 saturated heterocycles. The van der Waals surface area contributed by atoms with E-state index in [2.05, 4.69) is 73.2 Å². The molecule has 55 heavy (non-hydrogen) atoms. The molecule has 282 valence electrons. The van der Waals surface area contributed by atoms with Crippen molar-refractivity contribution in [1.82, 2.24) is 0 Å². The number of halogens is 1. The molecule has 0 heterocycles. The van der Waals surface area contributed by atoms with Gasteiger partial charge in [-0.3, -0.25) is 0 Å². The monoisotopic (exact) mass is 758 g/mol. The number of aromatic hydroxyl groups is 5. The van der Waals surface area contributed by atoms with Crippen LogP contribution >= 0.6 is 11.6 Å². The van der Waals surface area contributed by atoms with Gasteiger partial charge in [0.05, 0.1) is 0 Å². The summed E-state index contributed by atoms with van der Waals surface area (Å²) in [7, 11) is 1.55. The van der Waals surface area contributed by atoms with Crippen molar-refractivity contribution in [3.8, 4) is 28.7 Å². The normalized spacial score (nSPS) is 10.2. The fourth-order valence-electron chi connectivity index (χ4n) is 5.51. The van der Waals surface area contributed by atoms with Crippen LogP contribution in [0.1, 0.15) is 27.0 Å². The Bertz CT molecular complexity index is 2240. The molecule has 0 aliphatic carbocycles. The van der Waals surface area contributed by atoms with Gasteiger partial charge >= 0.3 is 5.97 Å². The van der Waals surface area contributed by atoms with Gasteiger partial charge in [-0.25, -0.2) is 4.79 Å². The SMILES string of the molecule is COCCl.Cc1ccc2ccc(C)cc2c1.Cc1ccc2ccc(O)cc2c1.O=C(O)c1cc2ccc(O)cc2cc1O.Oc1ccc2ccc(O)cc2c1. The number of benzene rings is 8. The smallest absolute Gasteiger partial charge is 0.339 e. The number of aromatic carboxylic acids is 1. The molecule has 0 atom stereocenters. The van der Waals surface area contributed by atoms with E-state index in [-0.39, 0.29) is 28.6 Å². The van der Waals surface area contributed by atoms with Crippen molar-refractivity contribution >= 4 is 60.7 Å². The molecular formula is C46H43ClO8. The van der Waals surface area contributed by atoms with E-state index in [4.69, 9.17) is 26.9 Å². The maximum Gasteiger partial charge on any atom is 0.339 e. The fraction of sp³-hybridized carbons (Fsp3) is 0.109. The van der Waals surface area contributed by atoms with Gasteiger partial charge in [-0.1, -0.05) is 107 Å². The first-order chi connectivity index (χ1) is 26.3. The molecule has 9 heteroatoms. The predicted octanol–water partition coefficient (Wildman–Crippen LogP) is 11.3. The summed E-state index contributed by atoms with van der Waals surface area (Å²) in [5, 5.41) is 62.9. The number of aryl methyl sites for hydroxylation is 3. The molecule has 0 unspecified atom stereocenters. The van der Waals surface area contributed by atoms with E-state index in [0.717, 1.165) is 16.2 Å². The average Bonchev–Trinajstić information content (AvgIpc) is 3.14. The van der Waals surface area contributed by atoms with E-state index in [1.807, 2.05) is 25.1 Å². The van der Waals surface area contributed by atoms with Gasteiger partial charge in [-0.2, -0.15) is 0 Å². The molecular weight excluding hydrogens is 716 g/mol. The Balaban J connectivity index is 0.000000158. The van der Waals surface area contributed by atoms with Gasteiger partial charge in [0.15, 0.2) is 0 Å². The van der Waals surface area contributed by atoms with Gasteiger partial charge in [0.2, 0.25) is 0 Å². The van der Waals surface area contributed by atoms with Crippen LogP contribution in [0.5, 0.6) is 28.7 Å². The molecule has 0 spiro atoms. The second kappa shape index (κ2) is 19.6. The number of methoxy groups -OCH3 is 1. The molecule has 0 aliphatic rings. The van der Waals surface area contributed by atoms with Crippen molar-refractivity contribution in [1.29, 1.82) is 0 Å². The molecule has 0 saturated carbocycles. The summed E-state index contributed by atoms with van der Waals surface area (Å²) in [6.45, 7) is 6.30. The van der Waals surface area contributed by atoms with Crippen molar-refractivity contribution < 1.29 is 40.2 Å². The van der Waals surface area contributed by atoms with Crippen molar-refractivity contribution in [2.75, 3.05) is 13.2 Å². The number of phenols is 5. The molecule has 0 radical (unpaired) electrons. The highest BCUT2D eigenvalue weighted by atomic mass is 35.5. The van der Waals surface area contributed by atoms with Gasteiger partial charge in [0.25, 0.3) is 0 Å². The Morgan fingerprint density at radius 2 is 0.745 bits per heavy atom. The third-order valence-electron chi connectivity index (χ3n) is 8.22. The van der Waals surface area contributed by atoms with Crippen LogP contribution in [-0.4, -0.2) is 49.8 Å². The standard InChI is InChI=1S/C12H12.C11H8O4.C11H10O.C10H8O2.C2H5ClO/c1-9-3-5-11-6-4-10(2)8-12(11)7-9;12-8-2-1-6-4-9(11(14)15)10(13)5-7(6)3-8;1-8-2-3-9-4-5-11(12)7-10(9)6-8;11-9-3-1-7-2-4-10(12)6-8(7)5-9;1-4-2-3/h3-8H,1-2H3;1-5,12-13H,(H,14,15);2-7,12H,1H3;1-6,11-12H;2H2,1H3. The molecule has 8 nitrogen and oxygen atoms in total. The number of hydrogen-bond acceptors (Lipinski definition) is 7. The average molecular weight is 759 g/mol. The maximum atomic E-state index is 10.7. The molecule has 8 rings (SSSR count). The van der Waals surface area contributed by atoms with Gasteiger partial charge in [-0.05, 0) is 125 Å². The molecule has 8 aromatic rings. The van der Waals surface area contributed by atoms with Gasteiger partial charge < -0.3 is 35.4 Å². The topological polar surface area (TPSA) is 148 Å². The van der Waals surface area contributed by atoms with Crippen molar-refractivity contribution in [3.05, 3.63) is 162 Å². The summed E-state index contributed by atoms with van der Waals surface area (Å²) in [5.41, 5.74) is 3.72. The van der Waals surface area contributed by atoms with E-state index in [0.29, 0.717) is 22.6 Å². The lowest BCUT2D eigenvalue weighted by atomic mass is 10.1. The number of carbonyl (C=O) groups is 1. The number of ether oxygens (including phenoxy) is 1. The number of rotatable bonds is 2. The maximum absolute atomic E-state index is 10.7. The van der Waals surface area contributed by atoms with Crippen LogP contribution in [0.3, 0.4) is 0 Å². The molecule has 0 aliphatic heterocycles. The Labute approximate surface area is 324 Å². The Morgan fingerprint density at radius 1 is 0.455 bits per heavy atom. The van der Waals surface area contributed by atoms with Crippen LogP contribution in [-0.2, 0) is 4.74 Å². The minimum Gasteiger partial charge on any atom is -0.508 e. The predicted molar refractivity (Wildman–Crippen MR) is 223 cm³/mol. The zero-order chi connectivity index (χ0) is 40.1. The quantitative estimate of drug-likeness (QED) is 0.0955. The molecule has 0 amide bonds. The second-order valence-electron chi connectivity index (χ2n) is 12.7. The number of phenolic OH excluding ortho intramolecular Hbond substituents is 4. The minimum atomic E-state index is -1.18. The highest BCUT2D eigenvalue weighted by Crippen LogP contribution is 2.28. The number of hydrogen-bond donors (Lipinski definition) is 6. The van der Waals surface area contributed by atoms with E-state index >= 15 is 0 Å². The Kier molecular flexibility index (Phi) is 14.7. The minimum absolute atomic E-state index is 0.0741. The number of fused-ring (bicyclic) bond motifs is 4. The van der Waals surface area contributed by atoms with Crippen molar-refractivity contribution in [3.63, 3.8) is 0 Å². The first kappa shape index (κ1) is 41.3. The lowest BCUT2D eigenvalue weighted by molar-refractivity contribution is 0.0694. The molecule has 8 aromatic carbocycles. The van der Waals surface area contributed by atoms with Crippen LogP contribution in [0.15, 0.2) is 140 Å². The van der Waals surface area contributed by atoms with E-state index < -0.39 is 5.97 Å². The summed E-state index contributed by atoms with van der Waals surface area (Å²) < 4.78 is 4.31. The Morgan fingerprint density at radius 3 is 1.09 bits per heavy atom. The van der Waals surface area contributed by atoms with Crippen LogP contribution in [0, 0.1) is 20.8 Å². The fourth-order valence-corrected chi connectivity index (χ4v) is 5.51. The lowest BCUT2D eigenvalue weighted by Crippen LogP contribution is -1.96. The summed E-state index contributed by atoms with van der Waals surface area (Å²) in [5.74, 6) is -0.651. The number of alkyl halides is 1. The first-order valence-electron chi connectivity index (χ1n) is 17.1. The highest BCUT2D eigenvalue weighted by Gasteiger charge is 2.10. The molecule has 0 bridgehead atoms. The van der Waals surface area contributed by atoms with E-state index in [1.165, 1.54) is 57.1 Å². The third kappa shape index (κ3) is 12.3. The van der Waals surface area contributed by atoms with Gasteiger partial charge in [-0.15, -0.1) is 0 Å². The number of carboxylic acid groups (broad SMARTS) is 1. The third-order valence-corrected chi connectivity index (χ3v) is 8.43. The van der Waals surface area contributed by atoms with Crippen LogP contribution < -0.4 is 0 Å². The largest absolute Gasteiger partial charge is 0.508 e. The highest BCUT2D eigenvalue weighted by molar-refractivity contribution is 6.17. The van der Waals surface area contributed by atoms with Crippen LogP contribution in [0.2, 0.25) is 0 Å². The van der Waals surface area contributed by atoms with Crippen LogP contribution in [0.4, 0.5) is 0 Å². The zero-order valence-electron chi connectivity index (χ0n) is 30.9. The van der Waals surface area contributed by atoms with E-state index in [1.54, 1.807) is 49.6 Å². The van der Waals surface area contributed by atoms with Crippen molar-refractivity contribution in [2.45, 2.75) is 20.8 Å². The zero-order valence-corrected chi connectivity index (χ0v) is 31.6. The summed E-state index contributed by atoms with van der Waals surface area (Å²) >= 11 is 4.96. The van der Waals surface area contributed by atoms with E-state index in [9.17, 15) is 20.1 Å². The van der Waals surface area contributed by atoms with Crippen LogP contribution in [0.25, 0.3) is 43.1 Å². The second-order valence-corrected chi connectivity index (χ2v) is 12.9. The summed E-state index contributed by atoms with van der Waals surface area (Å²) in [6.07, 6.45) is 0. The molecule has 0 aromatic heterocycles. The molecule has 6 N–H and O–H groups in total. The van der Waals surface area contributed by atoms with Gasteiger partial charge in [0, 0.05) is 7.11 Å². The summed E-state index contributed by atoms with van der Waals surface area (Å²) in [4.78, 5) is 10.7. The number of carboxylic acids is 1. The Hall–Kier alpha value is -6.48. The molecule has 0 fully saturated rings. The van der Waals surface area contributed by atoms with Crippen molar-refractivity contribution in [2.24, 2.45) is 0 Å².